The SMILES string of the molecule is CC1CC1C(=O)N(C)CCN1CCNCC1. The molecule has 0 bridgehead atoms. The van der Waals surface area contributed by atoms with E-state index in [2.05, 4.69) is 17.1 Å². The van der Waals surface area contributed by atoms with Gasteiger partial charge in [-0.05, 0) is 12.3 Å². The Labute approximate surface area is 98.0 Å². The normalized spacial score (nSPS) is 30.1. The lowest BCUT2D eigenvalue weighted by molar-refractivity contribution is -0.131. The van der Waals surface area contributed by atoms with Gasteiger partial charge in [-0.2, -0.15) is 0 Å². The second-order valence-corrected chi connectivity index (χ2v) is 5.17. The first-order valence-corrected chi connectivity index (χ1v) is 6.36. The Morgan fingerprint density at radius 3 is 2.62 bits per heavy atom. The Morgan fingerprint density at radius 2 is 2.06 bits per heavy atom. The van der Waals surface area contributed by atoms with Crippen LogP contribution >= 0.6 is 0 Å². The van der Waals surface area contributed by atoms with E-state index in [1.165, 1.54) is 0 Å². The second kappa shape index (κ2) is 5.15. The first-order valence-electron chi connectivity index (χ1n) is 6.36. The van der Waals surface area contributed by atoms with Crippen molar-refractivity contribution in [2.24, 2.45) is 11.8 Å². The lowest BCUT2D eigenvalue weighted by Crippen LogP contribution is -2.46. The van der Waals surface area contributed by atoms with E-state index < -0.39 is 0 Å². The van der Waals surface area contributed by atoms with Gasteiger partial charge in [0.05, 0.1) is 0 Å². The summed E-state index contributed by atoms with van der Waals surface area (Å²) >= 11 is 0. The Bertz CT molecular complexity index is 251. The topological polar surface area (TPSA) is 35.6 Å². The molecule has 4 nitrogen and oxygen atoms in total. The number of hydrogen-bond donors (Lipinski definition) is 1. The molecular formula is C12H23N3O. The van der Waals surface area contributed by atoms with E-state index in [1.54, 1.807) is 0 Å². The third-order valence-corrected chi connectivity index (χ3v) is 3.76. The molecule has 2 fully saturated rings. The van der Waals surface area contributed by atoms with E-state index in [-0.39, 0.29) is 0 Å². The van der Waals surface area contributed by atoms with E-state index >= 15 is 0 Å². The number of amides is 1. The molecule has 16 heavy (non-hydrogen) atoms. The maximum absolute atomic E-state index is 11.9. The Hall–Kier alpha value is -0.610. The van der Waals surface area contributed by atoms with Gasteiger partial charge in [0.15, 0.2) is 0 Å². The van der Waals surface area contributed by atoms with Gasteiger partial charge < -0.3 is 10.2 Å². The number of hydrogen-bond acceptors (Lipinski definition) is 3. The zero-order chi connectivity index (χ0) is 11.5. The molecule has 1 aliphatic carbocycles. The van der Waals surface area contributed by atoms with Crippen LogP contribution < -0.4 is 5.32 Å². The van der Waals surface area contributed by atoms with Gasteiger partial charge in [-0.3, -0.25) is 9.69 Å². The molecule has 1 saturated carbocycles. The molecule has 2 atom stereocenters. The molecule has 0 spiro atoms. The fourth-order valence-corrected chi connectivity index (χ4v) is 2.29. The molecule has 2 unspecified atom stereocenters. The summed E-state index contributed by atoms with van der Waals surface area (Å²) in [6.45, 7) is 8.44. The van der Waals surface area contributed by atoms with Crippen LogP contribution in [0.5, 0.6) is 0 Å². The van der Waals surface area contributed by atoms with Crippen LogP contribution in [-0.4, -0.2) is 62.0 Å². The van der Waals surface area contributed by atoms with Crippen molar-refractivity contribution in [2.75, 3.05) is 46.3 Å². The van der Waals surface area contributed by atoms with Crippen LogP contribution in [0, 0.1) is 11.8 Å². The van der Waals surface area contributed by atoms with Crippen molar-refractivity contribution in [1.29, 1.82) is 0 Å². The molecule has 1 N–H and O–H groups in total. The molecule has 0 aromatic carbocycles. The number of likely N-dealkylation sites (N-methyl/N-ethyl adjacent to an activating group) is 1. The molecule has 1 heterocycles. The van der Waals surface area contributed by atoms with Gasteiger partial charge in [0.1, 0.15) is 0 Å². The number of carbonyl (C=O) groups is 1. The second-order valence-electron chi connectivity index (χ2n) is 5.17. The van der Waals surface area contributed by atoms with Gasteiger partial charge in [0, 0.05) is 52.2 Å². The molecule has 2 aliphatic rings. The third kappa shape index (κ3) is 2.95. The van der Waals surface area contributed by atoms with Gasteiger partial charge in [0.2, 0.25) is 5.91 Å². The van der Waals surface area contributed by atoms with Crippen LogP contribution in [0.4, 0.5) is 0 Å². The van der Waals surface area contributed by atoms with E-state index in [0.29, 0.717) is 17.7 Å². The van der Waals surface area contributed by atoms with E-state index in [4.69, 9.17) is 0 Å². The van der Waals surface area contributed by atoms with E-state index in [0.717, 1.165) is 45.7 Å². The number of rotatable bonds is 4. The fraction of sp³-hybridized carbons (Fsp3) is 0.917. The van der Waals surface area contributed by atoms with Crippen molar-refractivity contribution >= 4 is 5.91 Å². The van der Waals surface area contributed by atoms with Gasteiger partial charge in [0.25, 0.3) is 0 Å². The molecule has 0 aromatic rings. The summed E-state index contributed by atoms with van der Waals surface area (Å²) in [5.41, 5.74) is 0. The summed E-state index contributed by atoms with van der Waals surface area (Å²) in [5, 5.41) is 3.34. The first kappa shape index (κ1) is 11.9. The number of nitrogens with zero attached hydrogens (tertiary/aromatic N) is 2. The van der Waals surface area contributed by atoms with Crippen LogP contribution in [0.25, 0.3) is 0 Å². The zero-order valence-corrected chi connectivity index (χ0v) is 10.4. The summed E-state index contributed by atoms with van der Waals surface area (Å²) < 4.78 is 0. The van der Waals surface area contributed by atoms with Gasteiger partial charge in [-0.25, -0.2) is 0 Å². The third-order valence-electron chi connectivity index (χ3n) is 3.76. The summed E-state index contributed by atoms with van der Waals surface area (Å²) in [4.78, 5) is 16.2. The van der Waals surface area contributed by atoms with E-state index in [9.17, 15) is 4.79 Å². The van der Waals surface area contributed by atoms with Crippen LogP contribution in [0.1, 0.15) is 13.3 Å². The molecule has 4 heteroatoms. The van der Waals surface area contributed by atoms with Crippen LogP contribution in [0.15, 0.2) is 0 Å². The Morgan fingerprint density at radius 1 is 1.44 bits per heavy atom. The molecule has 0 aromatic heterocycles. The van der Waals surface area contributed by atoms with Gasteiger partial charge in [-0.15, -0.1) is 0 Å². The fourth-order valence-electron chi connectivity index (χ4n) is 2.29. The largest absolute Gasteiger partial charge is 0.344 e. The van der Waals surface area contributed by atoms with Crippen molar-refractivity contribution < 1.29 is 4.79 Å². The molecule has 1 aliphatic heterocycles. The highest BCUT2D eigenvalue weighted by atomic mass is 16.2. The summed E-state index contributed by atoms with van der Waals surface area (Å²) in [6.07, 6.45) is 1.09. The Balaban J connectivity index is 1.66. The number of piperazine rings is 1. The van der Waals surface area contributed by atoms with E-state index in [1.807, 2.05) is 11.9 Å². The number of nitrogens with one attached hydrogen (secondary N) is 1. The molecule has 1 saturated heterocycles. The Kier molecular flexibility index (Phi) is 3.82. The van der Waals surface area contributed by atoms with Crippen molar-refractivity contribution in [3.05, 3.63) is 0 Å². The maximum atomic E-state index is 11.9. The minimum absolute atomic E-state index is 0.327. The maximum Gasteiger partial charge on any atom is 0.225 e. The quantitative estimate of drug-likeness (QED) is 0.732. The van der Waals surface area contributed by atoms with Crippen molar-refractivity contribution in [3.63, 3.8) is 0 Å². The standard InChI is InChI=1S/C12H23N3O/c1-10-9-11(10)12(16)14(2)7-8-15-5-3-13-4-6-15/h10-11,13H,3-9H2,1-2H3. The highest BCUT2D eigenvalue weighted by molar-refractivity contribution is 5.81. The predicted molar refractivity (Wildman–Crippen MR) is 64.2 cm³/mol. The molecule has 2 rings (SSSR count). The molecule has 92 valence electrons. The smallest absolute Gasteiger partial charge is 0.225 e. The highest BCUT2D eigenvalue weighted by Gasteiger charge is 2.40. The summed E-state index contributed by atoms with van der Waals surface area (Å²) in [7, 11) is 1.94. The average molecular weight is 225 g/mol. The van der Waals surface area contributed by atoms with Crippen LogP contribution in [0.3, 0.4) is 0 Å². The number of carbonyl (C=O) groups excluding carboxylic acids is 1. The highest BCUT2D eigenvalue weighted by Crippen LogP contribution is 2.38. The van der Waals surface area contributed by atoms with Crippen molar-refractivity contribution in [3.8, 4) is 0 Å². The van der Waals surface area contributed by atoms with Crippen LogP contribution in [0.2, 0.25) is 0 Å². The minimum Gasteiger partial charge on any atom is -0.344 e. The monoisotopic (exact) mass is 225 g/mol. The summed E-state index contributed by atoms with van der Waals surface area (Å²) in [5.74, 6) is 1.30. The predicted octanol–water partition coefficient (Wildman–Crippen LogP) is 0.00600. The summed E-state index contributed by atoms with van der Waals surface area (Å²) in [6, 6.07) is 0. The first-order chi connectivity index (χ1) is 7.68. The molecular weight excluding hydrogens is 202 g/mol. The van der Waals surface area contributed by atoms with Gasteiger partial charge >= 0.3 is 0 Å². The van der Waals surface area contributed by atoms with Crippen molar-refractivity contribution in [2.45, 2.75) is 13.3 Å². The van der Waals surface area contributed by atoms with Crippen LogP contribution in [-0.2, 0) is 4.79 Å². The van der Waals surface area contributed by atoms with Crippen molar-refractivity contribution in [1.82, 2.24) is 15.1 Å². The lowest BCUT2D eigenvalue weighted by Gasteiger charge is -2.29. The average Bonchev–Trinajstić information content (AvgIpc) is 3.03. The zero-order valence-electron chi connectivity index (χ0n) is 10.4. The molecule has 0 radical (unpaired) electrons. The molecule has 1 amide bonds. The lowest BCUT2D eigenvalue weighted by atomic mass is 10.3. The van der Waals surface area contributed by atoms with Gasteiger partial charge in [-0.1, -0.05) is 6.92 Å². The minimum atomic E-state index is 0.327.